The molecule has 6 rings (SSSR count). The van der Waals surface area contributed by atoms with E-state index in [4.69, 9.17) is 0 Å². The largest absolute Gasteiger partial charge is 0.195 e. The number of hydrogen-bond acceptors (Lipinski definition) is 0. The molecule has 0 fully saturated rings. The third-order valence-electron chi connectivity index (χ3n) is 5.65. The van der Waals surface area contributed by atoms with Gasteiger partial charge in [-0.25, -0.2) is 0 Å². The first-order valence-electron chi connectivity index (χ1n) is 8.48. The molecule has 1 aromatic heterocycles. The lowest BCUT2D eigenvalue weighted by Crippen LogP contribution is -2.53. The molecule has 0 spiro atoms. The average Bonchev–Trinajstić information content (AvgIpc) is 2.62. The van der Waals surface area contributed by atoms with Crippen molar-refractivity contribution in [1.82, 2.24) is 0 Å². The van der Waals surface area contributed by atoms with Gasteiger partial charge < -0.3 is 0 Å². The summed E-state index contributed by atoms with van der Waals surface area (Å²) in [5.41, 5.74) is 7.33. The Morgan fingerprint density at radius 3 is 2.39 bits per heavy atom. The number of benzene rings is 2. The van der Waals surface area contributed by atoms with Gasteiger partial charge in [-0.2, -0.15) is 4.57 Å². The van der Waals surface area contributed by atoms with Crippen molar-refractivity contribution in [3.05, 3.63) is 101 Å². The van der Waals surface area contributed by atoms with Crippen LogP contribution in [-0.2, 0) is 0 Å². The van der Waals surface area contributed by atoms with E-state index in [1.165, 1.54) is 34.4 Å². The fraction of sp³-hybridized carbons (Fsp3) is 0.227. The summed E-state index contributed by atoms with van der Waals surface area (Å²) in [6, 6.07) is 25.3. The van der Waals surface area contributed by atoms with E-state index in [0.29, 0.717) is 17.9 Å². The van der Waals surface area contributed by atoms with Crippen LogP contribution in [0.15, 0.2) is 72.9 Å². The Kier molecular flexibility index (Phi) is 2.72. The lowest BCUT2D eigenvalue weighted by molar-refractivity contribution is -0.731. The molecule has 3 heterocycles. The monoisotopic (exact) mass is 298 g/mol. The van der Waals surface area contributed by atoms with Crippen molar-refractivity contribution in [1.29, 1.82) is 0 Å². The summed E-state index contributed by atoms with van der Waals surface area (Å²) in [5, 5.41) is 0. The standard InChI is InChI=1S/C22H20N/c1-15-9-11-16(12-10-15)19-14-21-17-6-2-3-7-18(17)22(19)20-8-4-5-13-23(20)21/h2-13,19,21-22H,14H2,1H3/q+1/t19-,21-,22-/m0/s1. The van der Waals surface area contributed by atoms with Crippen LogP contribution in [0.3, 0.4) is 0 Å². The van der Waals surface area contributed by atoms with Gasteiger partial charge in [0.25, 0.3) is 0 Å². The molecule has 112 valence electrons. The Labute approximate surface area is 137 Å². The molecule has 1 heteroatoms. The van der Waals surface area contributed by atoms with Crippen molar-refractivity contribution in [2.45, 2.75) is 31.2 Å². The van der Waals surface area contributed by atoms with Crippen LogP contribution in [0.5, 0.6) is 0 Å². The summed E-state index contributed by atoms with van der Waals surface area (Å²) < 4.78 is 2.50. The van der Waals surface area contributed by atoms with E-state index in [1.807, 2.05) is 0 Å². The lowest BCUT2D eigenvalue weighted by Gasteiger charge is -2.40. The van der Waals surface area contributed by atoms with E-state index in [0.717, 1.165) is 0 Å². The van der Waals surface area contributed by atoms with Crippen LogP contribution in [0.25, 0.3) is 0 Å². The van der Waals surface area contributed by atoms with Crippen LogP contribution in [0.2, 0.25) is 0 Å². The smallest absolute Gasteiger partial charge is 0.190 e. The maximum absolute atomic E-state index is 2.50. The molecule has 3 atom stereocenters. The van der Waals surface area contributed by atoms with Crippen LogP contribution >= 0.6 is 0 Å². The van der Waals surface area contributed by atoms with Gasteiger partial charge in [-0.05, 0) is 18.1 Å². The van der Waals surface area contributed by atoms with Crippen molar-refractivity contribution >= 4 is 0 Å². The maximum Gasteiger partial charge on any atom is 0.190 e. The van der Waals surface area contributed by atoms with Crippen LogP contribution in [0.4, 0.5) is 0 Å². The van der Waals surface area contributed by atoms with Crippen molar-refractivity contribution in [3.8, 4) is 0 Å². The van der Waals surface area contributed by atoms with E-state index < -0.39 is 0 Å². The lowest BCUT2D eigenvalue weighted by atomic mass is 9.65. The highest BCUT2D eigenvalue weighted by atomic mass is 15.0. The van der Waals surface area contributed by atoms with E-state index in [1.54, 1.807) is 0 Å². The summed E-state index contributed by atoms with van der Waals surface area (Å²) in [4.78, 5) is 0. The van der Waals surface area contributed by atoms with Crippen molar-refractivity contribution in [2.75, 3.05) is 0 Å². The van der Waals surface area contributed by atoms with Gasteiger partial charge in [0.15, 0.2) is 17.9 Å². The van der Waals surface area contributed by atoms with Gasteiger partial charge in [-0.1, -0.05) is 60.2 Å². The molecule has 3 aliphatic rings. The average molecular weight is 298 g/mol. The van der Waals surface area contributed by atoms with E-state index in [9.17, 15) is 0 Å². The van der Waals surface area contributed by atoms with E-state index in [-0.39, 0.29) is 0 Å². The zero-order valence-electron chi connectivity index (χ0n) is 13.3. The SMILES string of the molecule is Cc1ccc([C@@H]2C[C@H]3c4ccccc4[C@@H]2c2cccc[n+]23)cc1. The number of pyridine rings is 1. The third kappa shape index (κ3) is 1.83. The predicted molar refractivity (Wildman–Crippen MR) is 91.6 cm³/mol. The first-order valence-corrected chi connectivity index (χ1v) is 8.48. The number of rotatable bonds is 1. The molecule has 0 unspecified atom stereocenters. The summed E-state index contributed by atoms with van der Waals surface area (Å²) in [6.07, 6.45) is 3.46. The highest BCUT2D eigenvalue weighted by molar-refractivity contribution is 5.45. The second-order valence-electron chi connectivity index (χ2n) is 6.91. The minimum absolute atomic E-state index is 0.471. The van der Waals surface area contributed by atoms with Gasteiger partial charge in [0.2, 0.25) is 0 Å². The highest BCUT2D eigenvalue weighted by Crippen LogP contribution is 2.52. The minimum atomic E-state index is 0.471. The van der Waals surface area contributed by atoms with Crippen molar-refractivity contribution in [2.24, 2.45) is 0 Å². The predicted octanol–water partition coefficient (Wildman–Crippen LogP) is 4.50. The molecule has 0 radical (unpaired) electrons. The second kappa shape index (κ2) is 4.79. The highest BCUT2D eigenvalue weighted by Gasteiger charge is 2.49. The summed E-state index contributed by atoms with van der Waals surface area (Å²) in [6.45, 7) is 2.16. The molecule has 2 aliphatic heterocycles. The van der Waals surface area contributed by atoms with Crippen molar-refractivity contribution in [3.63, 3.8) is 0 Å². The van der Waals surface area contributed by atoms with E-state index in [2.05, 4.69) is 84.4 Å². The van der Waals surface area contributed by atoms with Gasteiger partial charge >= 0.3 is 0 Å². The van der Waals surface area contributed by atoms with Crippen molar-refractivity contribution < 1.29 is 4.57 Å². The van der Waals surface area contributed by atoms with Gasteiger partial charge in [-0.3, -0.25) is 0 Å². The summed E-state index contributed by atoms with van der Waals surface area (Å²) in [5.74, 6) is 1.05. The molecule has 0 saturated carbocycles. The molecule has 3 aromatic rings. The first-order chi connectivity index (χ1) is 11.3. The molecule has 0 saturated heterocycles. The first kappa shape index (κ1) is 13.1. The Morgan fingerprint density at radius 1 is 0.826 bits per heavy atom. The Balaban J connectivity index is 1.72. The fourth-order valence-electron chi connectivity index (χ4n) is 4.61. The van der Waals surface area contributed by atoms with E-state index >= 15 is 0 Å². The minimum Gasteiger partial charge on any atom is -0.195 e. The molecule has 0 N–H and O–H groups in total. The fourth-order valence-corrected chi connectivity index (χ4v) is 4.61. The number of fused-ring (bicyclic) bond motifs is 1. The van der Waals surface area contributed by atoms with Crippen LogP contribution < -0.4 is 4.57 Å². The van der Waals surface area contributed by atoms with Gasteiger partial charge in [-0.15, -0.1) is 0 Å². The Hall–Kier alpha value is -2.41. The summed E-state index contributed by atoms with van der Waals surface area (Å²) in [7, 11) is 0. The summed E-state index contributed by atoms with van der Waals surface area (Å²) >= 11 is 0. The molecule has 2 bridgehead atoms. The van der Waals surface area contributed by atoms with Gasteiger partial charge in [0, 0.05) is 30.0 Å². The molecular weight excluding hydrogens is 278 g/mol. The van der Waals surface area contributed by atoms with Crippen LogP contribution in [0, 0.1) is 6.92 Å². The van der Waals surface area contributed by atoms with Gasteiger partial charge in [0.05, 0.1) is 5.92 Å². The molecule has 2 aromatic carbocycles. The molecule has 1 aliphatic carbocycles. The van der Waals surface area contributed by atoms with Crippen LogP contribution in [-0.4, -0.2) is 0 Å². The van der Waals surface area contributed by atoms with Gasteiger partial charge in [0.1, 0.15) is 0 Å². The third-order valence-corrected chi connectivity index (χ3v) is 5.65. The normalized spacial score (nSPS) is 24.1. The zero-order chi connectivity index (χ0) is 15.4. The second-order valence-corrected chi connectivity index (χ2v) is 6.91. The maximum atomic E-state index is 2.50. The topological polar surface area (TPSA) is 3.88 Å². The molecular formula is C22H20N+. The number of aromatic nitrogens is 1. The molecule has 1 nitrogen and oxygen atoms in total. The van der Waals surface area contributed by atoms with Crippen LogP contribution in [0.1, 0.15) is 52.2 Å². The number of nitrogens with zero attached hydrogens (tertiary/aromatic N) is 1. The Bertz CT molecular complexity index is 831. The quantitative estimate of drug-likeness (QED) is 0.582. The molecule has 0 amide bonds. The zero-order valence-corrected chi connectivity index (χ0v) is 13.3. The number of hydrogen-bond donors (Lipinski definition) is 0. The number of aryl methyl sites for hydroxylation is 1. The Morgan fingerprint density at radius 2 is 1.57 bits per heavy atom. The molecule has 23 heavy (non-hydrogen) atoms.